The van der Waals surface area contributed by atoms with E-state index in [1.54, 1.807) is 0 Å². The fraction of sp³-hybridized carbons (Fsp3) is 0.0370. The van der Waals surface area contributed by atoms with Crippen LogP contribution in [-0.4, -0.2) is 7.05 Å². The third-order valence-corrected chi connectivity index (χ3v) is 5.99. The number of rotatable bonds is 0. The Morgan fingerprint density at radius 3 is 1.93 bits per heavy atom. The monoisotopic (exact) mass is 357 g/mol. The molecule has 0 saturated heterocycles. The number of nitrogens with zero attached hydrogens (tertiary/aromatic N) is 1. The highest BCUT2D eigenvalue weighted by molar-refractivity contribution is 6.14. The van der Waals surface area contributed by atoms with Gasteiger partial charge in [0.05, 0.1) is 5.69 Å². The van der Waals surface area contributed by atoms with Crippen molar-refractivity contribution in [1.29, 1.82) is 0 Å². The van der Waals surface area contributed by atoms with Gasteiger partial charge in [-0.3, -0.25) is 0 Å². The molecule has 0 aliphatic carbocycles. The molecule has 0 N–H and O–H groups in total. The van der Waals surface area contributed by atoms with Gasteiger partial charge >= 0.3 is 0 Å². The maximum absolute atomic E-state index is 2.37. The highest BCUT2D eigenvalue weighted by Gasteiger charge is 2.25. The number of benzene rings is 5. The smallest absolute Gasteiger partial charge is 0.0567 e. The zero-order chi connectivity index (χ0) is 18.7. The first-order chi connectivity index (χ1) is 13.8. The second-order valence-corrected chi connectivity index (χ2v) is 7.47. The fourth-order valence-corrected chi connectivity index (χ4v) is 4.71. The summed E-state index contributed by atoms with van der Waals surface area (Å²) in [5, 5.41) is 5.14. The standard InChI is InChI=1S/C27H19N/c1-28-25-17-15-18-8-2-4-10-20(18)26(25)23-13-7-6-12-22(23)24-16-14-19-9-3-5-11-21(19)27(24)28/h2-17H,1H3. The molecule has 0 unspecified atom stereocenters. The molecule has 0 aromatic heterocycles. The minimum absolute atomic E-state index is 1.25. The molecule has 28 heavy (non-hydrogen) atoms. The molecule has 0 spiro atoms. The quantitative estimate of drug-likeness (QED) is 0.279. The van der Waals surface area contributed by atoms with Crippen LogP contribution in [0.1, 0.15) is 0 Å². The lowest BCUT2D eigenvalue weighted by Crippen LogP contribution is -2.11. The average Bonchev–Trinajstić information content (AvgIpc) is 2.87. The number of fused-ring (bicyclic) bond motifs is 9. The molecule has 1 nitrogen and oxygen atoms in total. The van der Waals surface area contributed by atoms with Crippen LogP contribution in [0.3, 0.4) is 0 Å². The number of hydrogen-bond donors (Lipinski definition) is 0. The summed E-state index contributed by atoms with van der Waals surface area (Å²) in [6, 6.07) is 35.2. The molecule has 1 aliphatic heterocycles. The highest BCUT2D eigenvalue weighted by Crippen LogP contribution is 2.51. The van der Waals surface area contributed by atoms with E-state index < -0.39 is 0 Å². The van der Waals surface area contributed by atoms with Gasteiger partial charge in [-0.2, -0.15) is 0 Å². The van der Waals surface area contributed by atoms with E-state index >= 15 is 0 Å². The maximum atomic E-state index is 2.37. The first-order valence-corrected chi connectivity index (χ1v) is 9.70. The van der Waals surface area contributed by atoms with Gasteiger partial charge in [-0.25, -0.2) is 0 Å². The lowest BCUT2D eigenvalue weighted by Gasteiger charge is -2.24. The molecule has 5 aromatic carbocycles. The molecule has 1 heterocycles. The van der Waals surface area contributed by atoms with Crippen LogP contribution >= 0.6 is 0 Å². The van der Waals surface area contributed by atoms with Crippen LogP contribution in [0.2, 0.25) is 0 Å². The molecular weight excluding hydrogens is 338 g/mol. The van der Waals surface area contributed by atoms with Gasteiger partial charge in [0.15, 0.2) is 0 Å². The second kappa shape index (κ2) is 5.71. The fourth-order valence-electron chi connectivity index (χ4n) is 4.71. The minimum atomic E-state index is 1.25. The zero-order valence-electron chi connectivity index (χ0n) is 15.7. The van der Waals surface area contributed by atoms with Crippen molar-refractivity contribution in [2.75, 3.05) is 11.9 Å². The van der Waals surface area contributed by atoms with Crippen molar-refractivity contribution in [2.24, 2.45) is 0 Å². The van der Waals surface area contributed by atoms with Gasteiger partial charge in [0.2, 0.25) is 0 Å². The van der Waals surface area contributed by atoms with E-state index in [2.05, 4.69) is 109 Å². The minimum Gasteiger partial charge on any atom is -0.343 e. The molecule has 0 atom stereocenters. The lowest BCUT2D eigenvalue weighted by molar-refractivity contribution is 1.24. The molecule has 0 amide bonds. The van der Waals surface area contributed by atoms with Crippen LogP contribution in [-0.2, 0) is 0 Å². The first kappa shape index (κ1) is 15.5. The normalized spacial score (nSPS) is 12.4. The number of hydrogen-bond acceptors (Lipinski definition) is 1. The Morgan fingerprint density at radius 1 is 0.500 bits per heavy atom. The SMILES string of the molecule is CN1c2ccc3ccccc3c2-c2ccccc2-c2ccc3ccccc3c21. The summed E-state index contributed by atoms with van der Waals surface area (Å²) in [5.41, 5.74) is 7.73. The van der Waals surface area contributed by atoms with Crippen LogP contribution in [0.5, 0.6) is 0 Å². The van der Waals surface area contributed by atoms with Crippen molar-refractivity contribution in [2.45, 2.75) is 0 Å². The second-order valence-electron chi connectivity index (χ2n) is 7.47. The molecule has 1 aliphatic rings. The topological polar surface area (TPSA) is 3.24 Å². The van der Waals surface area contributed by atoms with Crippen LogP contribution < -0.4 is 4.90 Å². The Labute approximate surface area is 164 Å². The van der Waals surface area contributed by atoms with E-state index in [0.29, 0.717) is 0 Å². The molecule has 132 valence electrons. The molecule has 0 bridgehead atoms. The van der Waals surface area contributed by atoms with Gasteiger partial charge in [0.25, 0.3) is 0 Å². The summed E-state index contributed by atoms with van der Waals surface area (Å²) in [5.74, 6) is 0. The summed E-state index contributed by atoms with van der Waals surface area (Å²) in [6.45, 7) is 0. The van der Waals surface area contributed by atoms with E-state index in [1.165, 1.54) is 55.2 Å². The Hall–Kier alpha value is -3.58. The third-order valence-electron chi connectivity index (χ3n) is 5.99. The molecule has 0 saturated carbocycles. The summed E-state index contributed by atoms with van der Waals surface area (Å²) in [4.78, 5) is 2.37. The van der Waals surface area contributed by atoms with Gasteiger partial charge in [0, 0.05) is 29.2 Å². The Kier molecular flexibility index (Phi) is 3.15. The van der Waals surface area contributed by atoms with Crippen LogP contribution in [0.25, 0.3) is 43.8 Å². The predicted molar refractivity (Wildman–Crippen MR) is 120 cm³/mol. The Balaban J connectivity index is 1.84. The largest absolute Gasteiger partial charge is 0.343 e. The average molecular weight is 357 g/mol. The molecule has 1 heteroatoms. The summed E-state index contributed by atoms with van der Waals surface area (Å²) in [7, 11) is 2.20. The molecule has 0 fully saturated rings. The van der Waals surface area contributed by atoms with Crippen molar-refractivity contribution in [1.82, 2.24) is 0 Å². The van der Waals surface area contributed by atoms with Gasteiger partial charge < -0.3 is 4.90 Å². The van der Waals surface area contributed by atoms with Gasteiger partial charge in [-0.15, -0.1) is 0 Å². The van der Waals surface area contributed by atoms with E-state index in [9.17, 15) is 0 Å². The van der Waals surface area contributed by atoms with Crippen molar-refractivity contribution >= 4 is 32.9 Å². The third kappa shape index (κ3) is 2.02. The zero-order valence-corrected chi connectivity index (χ0v) is 15.7. The highest BCUT2D eigenvalue weighted by atomic mass is 15.1. The Morgan fingerprint density at radius 2 is 1.11 bits per heavy atom. The lowest BCUT2D eigenvalue weighted by atomic mass is 9.91. The van der Waals surface area contributed by atoms with Gasteiger partial charge in [-0.1, -0.05) is 91.0 Å². The summed E-state index contributed by atoms with van der Waals surface area (Å²) in [6.07, 6.45) is 0. The molecular formula is C27H19N. The van der Waals surface area contributed by atoms with E-state index in [-0.39, 0.29) is 0 Å². The van der Waals surface area contributed by atoms with Crippen molar-refractivity contribution < 1.29 is 0 Å². The van der Waals surface area contributed by atoms with Crippen molar-refractivity contribution in [3.63, 3.8) is 0 Å². The molecule has 0 radical (unpaired) electrons. The van der Waals surface area contributed by atoms with Gasteiger partial charge in [-0.05, 0) is 33.4 Å². The first-order valence-electron chi connectivity index (χ1n) is 9.70. The summed E-state index contributed by atoms with van der Waals surface area (Å²) >= 11 is 0. The van der Waals surface area contributed by atoms with Crippen molar-refractivity contribution in [3.05, 3.63) is 97.1 Å². The van der Waals surface area contributed by atoms with E-state index in [4.69, 9.17) is 0 Å². The maximum Gasteiger partial charge on any atom is 0.0567 e. The predicted octanol–water partition coefficient (Wildman–Crippen LogP) is 7.41. The number of anilines is 2. The molecule has 5 aromatic rings. The van der Waals surface area contributed by atoms with Crippen LogP contribution in [0.4, 0.5) is 11.4 Å². The molecule has 6 rings (SSSR count). The van der Waals surface area contributed by atoms with E-state index in [1.807, 2.05) is 0 Å². The van der Waals surface area contributed by atoms with Crippen LogP contribution in [0, 0.1) is 0 Å². The van der Waals surface area contributed by atoms with E-state index in [0.717, 1.165) is 0 Å². The van der Waals surface area contributed by atoms with Gasteiger partial charge in [0.1, 0.15) is 0 Å². The summed E-state index contributed by atoms with van der Waals surface area (Å²) < 4.78 is 0. The van der Waals surface area contributed by atoms with Crippen LogP contribution in [0.15, 0.2) is 97.1 Å². The van der Waals surface area contributed by atoms with Crippen molar-refractivity contribution in [3.8, 4) is 22.3 Å². The Bertz CT molecular complexity index is 1380.